The summed E-state index contributed by atoms with van der Waals surface area (Å²) in [6.07, 6.45) is 2.87. The minimum atomic E-state index is -1.02. The molecule has 0 fully saturated rings. The highest BCUT2D eigenvalue weighted by molar-refractivity contribution is 5.94. The summed E-state index contributed by atoms with van der Waals surface area (Å²) in [5.74, 6) is -0.295. The number of hydrogen-bond acceptors (Lipinski definition) is 4. The Morgan fingerprint density at radius 1 is 1.56 bits per heavy atom. The lowest BCUT2D eigenvalue weighted by atomic mass is 10.3. The Morgan fingerprint density at radius 3 is 2.94 bits per heavy atom. The third kappa shape index (κ3) is 1.69. The summed E-state index contributed by atoms with van der Waals surface area (Å²) in [4.78, 5) is 14.9. The molecular formula is C10H12N4O2. The molecule has 2 heterocycles. The van der Waals surface area contributed by atoms with E-state index in [0.717, 1.165) is 5.82 Å². The van der Waals surface area contributed by atoms with Crippen LogP contribution in [0.4, 0.5) is 5.82 Å². The van der Waals surface area contributed by atoms with Gasteiger partial charge in [-0.3, -0.25) is 0 Å². The van der Waals surface area contributed by atoms with Crippen molar-refractivity contribution < 1.29 is 9.90 Å². The van der Waals surface area contributed by atoms with Crippen LogP contribution in [0.25, 0.3) is 5.65 Å². The Labute approximate surface area is 91.9 Å². The van der Waals surface area contributed by atoms with Crippen molar-refractivity contribution in [2.24, 2.45) is 0 Å². The monoisotopic (exact) mass is 220 g/mol. The lowest BCUT2D eigenvalue weighted by molar-refractivity contribution is 0.0699. The van der Waals surface area contributed by atoms with E-state index in [1.165, 1.54) is 10.7 Å². The first kappa shape index (κ1) is 10.4. The number of hydrogen-bond donors (Lipinski definition) is 2. The molecule has 0 spiro atoms. The van der Waals surface area contributed by atoms with Gasteiger partial charge in [0.1, 0.15) is 11.4 Å². The largest absolute Gasteiger partial charge is 0.477 e. The third-order valence-corrected chi connectivity index (χ3v) is 2.07. The smallest absolute Gasteiger partial charge is 0.341 e. The fourth-order valence-corrected chi connectivity index (χ4v) is 1.45. The highest BCUT2D eigenvalue weighted by Gasteiger charge is 2.14. The fourth-order valence-electron chi connectivity index (χ4n) is 1.45. The first-order valence-electron chi connectivity index (χ1n) is 4.92. The second-order valence-electron chi connectivity index (χ2n) is 3.73. The normalized spacial score (nSPS) is 10.9. The van der Waals surface area contributed by atoms with Gasteiger partial charge in [0.2, 0.25) is 0 Å². The molecule has 0 saturated carbocycles. The van der Waals surface area contributed by atoms with Gasteiger partial charge < -0.3 is 10.4 Å². The van der Waals surface area contributed by atoms with Crippen molar-refractivity contribution in [1.29, 1.82) is 0 Å². The molecule has 0 aliphatic carbocycles. The number of aromatic nitrogens is 3. The van der Waals surface area contributed by atoms with E-state index < -0.39 is 5.97 Å². The van der Waals surface area contributed by atoms with E-state index in [9.17, 15) is 4.79 Å². The Hall–Kier alpha value is -2.11. The van der Waals surface area contributed by atoms with Crippen LogP contribution in [0.1, 0.15) is 24.2 Å². The molecule has 0 aliphatic heterocycles. The van der Waals surface area contributed by atoms with Crippen LogP contribution in [-0.4, -0.2) is 31.7 Å². The standard InChI is InChI=1S/C10H12N4O2/c1-6(2)13-8-3-4-11-9-7(10(15)16)5-12-14(8)9/h3-6,13H,1-2H3,(H,15,16). The molecule has 2 aromatic rings. The van der Waals surface area contributed by atoms with Crippen LogP contribution in [0.5, 0.6) is 0 Å². The van der Waals surface area contributed by atoms with Gasteiger partial charge in [0, 0.05) is 12.2 Å². The summed E-state index contributed by atoms with van der Waals surface area (Å²) < 4.78 is 1.49. The van der Waals surface area contributed by atoms with E-state index in [1.807, 2.05) is 13.8 Å². The van der Waals surface area contributed by atoms with Crippen molar-refractivity contribution in [2.75, 3.05) is 5.32 Å². The molecule has 6 heteroatoms. The fraction of sp³-hybridized carbons (Fsp3) is 0.300. The van der Waals surface area contributed by atoms with E-state index in [-0.39, 0.29) is 11.6 Å². The molecule has 0 saturated heterocycles. The summed E-state index contributed by atoms with van der Waals surface area (Å²) in [5.41, 5.74) is 0.450. The van der Waals surface area contributed by atoms with Crippen molar-refractivity contribution in [1.82, 2.24) is 14.6 Å². The van der Waals surface area contributed by atoms with Crippen LogP contribution < -0.4 is 5.32 Å². The molecule has 0 aliphatic rings. The molecule has 0 amide bonds. The highest BCUT2D eigenvalue weighted by atomic mass is 16.4. The molecule has 0 aromatic carbocycles. The Bertz CT molecular complexity index is 533. The number of carboxylic acid groups (broad SMARTS) is 1. The number of carboxylic acids is 1. The second-order valence-corrected chi connectivity index (χ2v) is 3.73. The van der Waals surface area contributed by atoms with E-state index >= 15 is 0 Å². The SMILES string of the molecule is CC(C)Nc1ccnc2c(C(=O)O)cnn12. The second kappa shape index (κ2) is 3.80. The number of carbonyl (C=O) groups is 1. The van der Waals surface area contributed by atoms with Gasteiger partial charge in [0.25, 0.3) is 0 Å². The summed E-state index contributed by atoms with van der Waals surface area (Å²) in [7, 11) is 0. The lowest BCUT2D eigenvalue weighted by Crippen LogP contribution is -2.13. The highest BCUT2D eigenvalue weighted by Crippen LogP contribution is 2.14. The molecule has 84 valence electrons. The summed E-state index contributed by atoms with van der Waals surface area (Å²) >= 11 is 0. The Kier molecular flexibility index (Phi) is 2.47. The van der Waals surface area contributed by atoms with Crippen LogP contribution in [-0.2, 0) is 0 Å². The lowest BCUT2D eigenvalue weighted by Gasteiger charge is -2.10. The molecule has 2 N–H and O–H groups in total. The predicted octanol–water partition coefficient (Wildman–Crippen LogP) is 1.25. The van der Waals surface area contributed by atoms with Crippen molar-refractivity contribution in [3.8, 4) is 0 Å². The summed E-state index contributed by atoms with van der Waals surface area (Å²) in [6.45, 7) is 3.99. The average Bonchev–Trinajstić information content (AvgIpc) is 2.61. The Balaban J connectivity index is 2.57. The van der Waals surface area contributed by atoms with Gasteiger partial charge in [-0.05, 0) is 19.9 Å². The molecule has 0 bridgehead atoms. The van der Waals surface area contributed by atoms with Crippen molar-refractivity contribution in [3.63, 3.8) is 0 Å². The van der Waals surface area contributed by atoms with Gasteiger partial charge in [0.15, 0.2) is 5.65 Å². The van der Waals surface area contributed by atoms with Crippen LogP contribution >= 0.6 is 0 Å². The van der Waals surface area contributed by atoms with E-state index in [2.05, 4.69) is 15.4 Å². The van der Waals surface area contributed by atoms with E-state index in [4.69, 9.17) is 5.11 Å². The molecule has 2 rings (SSSR count). The van der Waals surface area contributed by atoms with Gasteiger partial charge >= 0.3 is 5.97 Å². The summed E-state index contributed by atoms with van der Waals surface area (Å²) in [6, 6.07) is 1.99. The maximum absolute atomic E-state index is 10.9. The number of nitrogens with zero attached hydrogens (tertiary/aromatic N) is 3. The topological polar surface area (TPSA) is 79.5 Å². The van der Waals surface area contributed by atoms with E-state index in [0.29, 0.717) is 5.65 Å². The van der Waals surface area contributed by atoms with Gasteiger partial charge in [-0.1, -0.05) is 0 Å². The maximum atomic E-state index is 10.9. The minimum Gasteiger partial charge on any atom is -0.477 e. The summed E-state index contributed by atoms with van der Waals surface area (Å²) in [5, 5.41) is 16.1. The predicted molar refractivity (Wildman–Crippen MR) is 58.7 cm³/mol. The van der Waals surface area contributed by atoms with Crippen LogP contribution in [0.2, 0.25) is 0 Å². The number of fused-ring (bicyclic) bond motifs is 1. The first-order chi connectivity index (χ1) is 7.59. The van der Waals surface area contributed by atoms with Crippen molar-refractivity contribution >= 4 is 17.4 Å². The van der Waals surface area contributed by atoms with Gasteiger partial charge in [-0.25, -0.2) is 9.78 Å². The van der Waals surface area contributed by atoms with Crippen LogP contribution in [0, 0.1) is 0 Å². The molecule has 0 atom stereocenters. The zero-order chi connectivity index (χ0) is 11.7. The first-order valence-corrected chi connectivity index (χ1v) is 4.92. The zero-order valence-electron chi connectivity index (χ0n) is 9.01. The molecular weight excluding hydrogens is 208 g/mol. The minimum absolute atomic E-state index is 0.104. The van der Waals surface area contributed by atoms with Gasteiger partial charge in [-0.2, -0.15) is 9.61 Å². The average molecular weight is 220 g/mol. The molecule has 0 unspecified atom stereocenters. The zero-order valence-corrected chi connectivity index (χ0v) is 9.01. The molecule has 16 heavy (non-hydrogen) atoms. The Morgan fingerprint density at radius 2 is 2.31 bits per heavy atom. The molecule has 0 radical (unpaired) electrons. The van der Waals surface area contributed by atoms with Crippen molar-refractivity contribution in [3.05, 3.63) is 24.0 Å². The number of nitrogens with one attached hydrogen (secondary N) is 1. The maximum Gasteiger partial charge on any atom is 0.341 e. The number of aromatic carboxylic acids is 1. The van der Waals surface area contributed by atoms with E-state index in [1.54, 1.807) is 12.3 Å². The molecule has 6 nitrogen and oxygen atoms in total. The van der Waals surface area contributed by atoms with Gasteiger partial charge in [0.05, 0.1) is 6.20 Å². The van der Waals surface area contributed by atoms with Crippen LogP contribution in [0.3, 0.4) is 0 Å². The van der Waals surface area contributed by atoms with Crippen molar-refractivity contribution in [2.45, 2.75) is 19.9 Å². The quantitative estimate of drug-likeness (QED) is 0.813. The third-order valence-electron chi connectivity index (χ3n) is 2.07. The number of rotatable bonds is 3. The van der Waals surface area contributed by atoms with Gasteiger partial charge in [-0.15, -0.1) is 0 Å². The molecule has 2 aromatic heterocycles. The van der Waals surface area contributed by atoms with Crippen LogP contribution in [0.15, 0.2) is 18.5 Å². The number of anilines is 1.